The van der Waals surface area contributed by atoms with Crippen molar-refractivity contribution in [2.24, 2.45) is 0 Å². The minimum atomic E-state index is -4.71. The predicted octanol–water partition coefficient (Wildman–Crippen LogP) is 3.95. The van der Waals surface area contributed by atoms with Gasteiger partial charge in [-0.3, -0.25) is 4.79 Å². The first kappa shape index (κ1) is 19.5. The van der Waals surface area contributed by atoms with Gasteiger partial charge in [-0.25, -0.2) is 9.50 Å². The number of furan rings is 1. The largest absolute Gasteiger partial charge is 0.497 e. The van der Waals surface area contributed by atoms with E-state index in [1.54, 1.807) is 36.4 Å². The summed E-state index contributed by atoms with van der Waals surface area (Å²) in [4.78, 5) is 16.9. The summed E-state index contributed by atoms with van der Waals surface area (Å²) in [7, 11) is 1.45. The number of ether oxygens (including phenoxy) is 1. The molecule has 0 atom stereocenters. The fraction of sp³-hybridized carbons (Fsp3) is 0.150. The van der Waals surface area contributed by atoms with Crippen molar-refractivity contribution in [3.8, 4) is 17.0 Å². The fourth-order valence-electron chi connectivity index (χ4n) is 2.93. The first-order valence-electron chi connectivity index (χ1n) is 8.78. The van der Waals surface area contributed by atoms with Crippen LogP contribution in [0.1, 0.15) is 21.8 Å². The smallest absolute Gasteiger partial charge is 0.433 e. The number of carbonyl (C=O) groups excluding carboxylic acids is 1. The van der Waals surface area contributed by atoms with E-state index >= 15 is 0 Å². The number of nitrogens with one attached hydrogen (secondary N) is 1. The molecular formula is C20H15F3N4O3. The molecule has 10 heteroatoms. The quantitative estimate of drug-likeness (QED) is 0.533. The number of fused-ring (bicyclic) bond motifs is 1. The lowest BCUT2D eigenvalue weighted by Crippen LogP contribution is -2.23. The van der Waals surface area contributed by atoms with Crippen molar-refractivity contribution in [2.75, 3.05) is 7.11 Å². The molecule has 3 heterocycles. The molecule has 0 bridgehead atoms. The van der Waals surface area contributed by atoms with Gasteiger partial charge in [0.25, 0.3) is 5.91 Å². The number of alkyl halides is 3. The van der Waals surface area contributed by atoms with Gasteiger partial charge in [-0.2, -0.15) is 18.3 Å². The highest BCUT2D eigenvalue weighted by atomic mass is 19.4. The summed E-state index contributed by atoms with van der Waals surface area (Å²) < 4.78 is 51.9. The maximum atomic E-state index is 13.7. The van der Waals surface area contributed by atoms with Crippen LogP contribution in [0.2, 0.25) is 0 Å². The fourth-order valence-corrected chi connectivity index (χ4v) is 2.93. The summed E-state index contributed by atoms with van der Waals surface area (Å²) >= 11 is 0. The van der Waals surface area contributed by atoms with Crippen LogP contribution in [0.5, 0.6) is 5.75 Å². The van der Waals surface area contributed by atoms with Gasteiger partial charge >= 0.3 is 6.18 Å². The van der Waals surface area contributed by atoms with Crippen LogP contribution in [-0.2, 0) is 12.7 Å². The van der Waals surface area contributed by atoms with Gasteiger partial charge in [0.1, 0.15) is 17.1 Å². The van der Waals surface area contributed by atoms with Crippen molar-refractivity contribution >= 4 is 11.6 Å². The lowest BCUT2D eigenvalue weighted by molar-refractivity contribution is -0.142. The maximum Gasteiger partial charge on any atom is 0.433 e. The summed E-state index contributed by atoms with van der Waals surface area (Å²) in [6.45, 7) is 0.0743. The molecule has 0 aliphatic carbocycles. The van der Waals surface area contributed by atoms with Crippen molar-refractivity contribution in [1.29, 1.82) is 0 Å². The molecule has 0 saturated carbocycles. The Bertz CT molecular complexity index is 1200. The molecule has 30 heavy (non-hydrogen) atoms. The predicted molar refractivity (Wildman–Crippen MR) is 99.9 cm³/mol. The molecule has 1 N–H and O–H groups in total. The SMILES string of the molecule is COc1cccc(-c2cc(C(F)(F)F)n3ncc(C(=O)NCc4ccco4)c3n2)c1. The minimum absolute atomic E-state index is 0.0364. The van der Waals surface area contributed by atoms with Crippen molar-refractivity contribution in [1.82, 2.24) is 19.9 Å². The van der Waals surface area contributed by atoms with Crippen LogP contribution in [0.4, 0.5) is 13.2 Å². The Labute approximate surface area is 168 Å². The van der Waals surface area contributed by atoms with Gasteiger partial charge in [0.2, 0.25) is 0 Å². The highest BCUT2D eigenvalue weighted by Gasteiger charge is 2.36. The Morgan fingerprint density at radius 3 is 2.77 bits per heavy atom. The lowest BCUT2D eigenvalue weighted by Gasteiger charge is -2.12. The number of methoxy groups -OCH3 is 1. The average Bonchev–Trinajstić information content (AvgIpc) is 3.40. The van der Waals surface area contributed by atoms with E-state index in [2.05, 4.69) is 15.4 Å². The van der Waals surface area contributed by atoms with Crippen LogP contribution in [0.25, 0.3) is 16.9 Å². The van der Waals surface area contributed by atoms with Crippen LogP contribution in [-0.4, -0.2) is 27.6 Å². The summed E-state index contributed by atoms with van der Waals surface area (Å²) in [5.41, 5.74) is -0.897. The first-order chi connectivity index (χ1) is 14.4. The van der Waals surface area contributed by atoms with E-state index in [1.165, 1.54) is 13.4 Å². The number of halogens is 3. The topological polar surface area (TPSA) is 81.7 Å². The Morgan fingerprint density at radius 1 is 1.23 bits per heavy atom. The van der Waals surface area contributed by atoms with E-state index in [9.17, 15) is 18.0 Å². The second-order valence-electron chi connectivity index (χ2n) is 6.31. The molecule has 1 aromatic carbocycles. The summed E-state index contributed by atoms with van der Waals surface area (Å²) in [6.07, 6.45) is -2.19. The Balaban J connectivity index is 1.80. The lowest BCUT2D eigenvalue weighted by atomic mass is 10.1. The zero-order valence-electron chi connectivity index (χ0n) is 15.6. The second kappa shape index (κ2) is 7.54. The highest BCUT2D eigenvalue weighted by Crippen LogP contribution is 2.33. The maximum absolute atomic E-state index is 13.7. The molecule has 4 aromatic rings. The van der Waals surface area contributed by atoms with Crippen LogP contribution in [0, 0.1) is 0 Å². The molecule has 0 saturated heterocycles. The minimum Gasteiger partial charge on any atom is -0.497 e. The van der Waals surface area contributed by atoms with E-state index in [4.69, 9.17) is 9.15 Å². The van der Waals surface area contributed by atoms with E-state index in [0.717, 1.165) is 12.3 Å². The summed E-state index contributed by atoms with van der Waals surface area (Å²) in [5, 5.41) is 6.33. The Kier molecular flexibility index (Phi) is 4.90. The number of amides is 1. The molecule has 0 aliphatic rings. The molecule has 3 aromatic heterocycles. The van der Waals surface area contributed by atoms with Gasteiger partial charge in [-0.05, 0) is 30.3 Å². The molecule has 0 spiro atoms. The average molecular weight is 416 g/mol. The number of rotatable bonds is 5. The van der Waals surface area contributed by atoms with Crippen molar-refractivity contribution in [2.45, 2.75) is 12.7 Å². The number of aromatic nitrogens is 3. The summed E-state index contributed by atoms with van der Waals surface area (Å²) in [5.74, 6) is 0.346. The number of hydrogen-bond acceptors (Lipinski definition) is 5. The molecule has 0 aliphatic heterocycles. The zero-order valence-corrected chi connectivity index (χ0v) is 15.6. The molecule has 1 amide bonds. The van der Waals surface area contributed by atoms with E-state index < -0.39 is 17.8 Å². The Hall–Kier alpha value is -3.82. The molecule has 154 valence electrons. The van der Waals surface area contributed by atoms with Gasteiger partial charge in [0.05, 0.1) is 31.8 Å². The molecule has 4 rings (SSSR count). The number of hydrogen-bond donors (Lipinski definition) is 1. The molecule has 7 nitrogen and oxygen atoms in total. The van der Waals surface area contributed by atoms with Gasteiger partial charge in [-0.15, -0.1) is 0 Å². The van der Waals surface area contributed by atoms with Crippen LogP contribution < -0.4 is 10.1 Å². The van der Waals surface area contributed by atoms with Gasteiger partial charge in [-0.1, -0.05) is 12.1 Å². The van der Waals surface area contributed by atoms with Crippen molar-refractivity contribution in [3.63, 3.8) is 0 Å². The van der Waals surface area contributed by atoms with Gasteiger partial charge < -0.3 is 14.5 Å². The van der Waals surface area contributed by atoms with Crippen LogP contribution in [0.15, 0.2) is 59.3 Å². The number of nitrogens with zero attached hydrogens (tertiary/aromatic N) is 3. The molecule has 0 radical (unpaired) electrons. The van der Waals surface area contributed by atoms with Crippen LogP contribution >= 0.6 is 0 Å². The third kappa shape index (κ3) is 3.71. The van der Waals surface area contributed by atoms with Crippen LogP contribution in [0.3, 0.4) is 0 Å². The van der Waals surface area contributed by atoms with Crippen molar-refractivity contribution in [3.05, 3.63) is 71.9 Å². The molecule has 0 fully saturated rings. The third-order valence-electron chi connectivity index (χ3n) is 4.38. The summed E-state index contributed by atoms with van der Waals surface area (Å²) in [6, 6.07) is 10.7. The standard InChI is InChI=1S/C20H15F3N4O3/c1-29-13-5-2-4-12(8-13)16-9-17(20(21,22)23)27-18(26-16)15(11-25-27)19(28)24-10-14-6-3-7-30-14/h2-9,11H,10H2,1H3,(H,24,28). The van der Waals surface area contributed by atoms with Gasteiger partial charge in [0, 0.05) is 5.56 Å². The first-order valence-corrected chi connectivity index (χ1v) is 8.78. The third-order valence-corrected chi connectivity index (χ3v) is 4.38. The second-order valence-corrected chi connectivity index (χ2v) is 6.31. The van der Waals surface area contributed by atoms with E-state index in [-0.39, 0.29) is 23.4 Å². The monoisotopic (exact) mass is 416 g/mol. The van der Waals surface area contributed by atoms with E-state index in [1.807, 2.05) is 0 Å². The van der Waals surface area contributed by atoms with E-state index in [0.29, 0.717) is 21.6 Å². The number of benzene rings is 1. The normalized spacial score (nSPS) is 11.6. The van der Waals surface area contributed by atoms with Crippen molar-refractivity contribution < 1.29 is 27.1 Å². The highest BCUT2D eigenvalue weighted by molar-refractivity contribution is 5.99. The molecular weight excluding hydrogens is 401 g/mol. The number of carbonyl (C=O) groups is 1. The zero-order chi connectivity index (χ0) is 21.3. The molecule has 0 unspecified atom stereocenters. The van der Waals surface area contributed by atoms with Gasteiger partial charge in [0.15, 0.2) is 11.3 Å². The Morgan fingerprint density at radius 2 is 2.07 bits per heavy atom.